The van der Waals surface area contributed by atoms with Crippen molar-refractivity contribution < 1.29 is 37.0 Å². The molecule has 0 saturated heterocycles. The zero-order valence-corrected chi connectivity index (χ0v) is 21.9. The summed E-state index contributed by atoms with van der Waals surface area (Å²) in [7, 11) is 1.06. The molecule has 3 atom stereocenters. The van der Waals surface area contributed by atoms with E-state index in [0.717, 1.165) is 29.7 Å². The summed E-state index contributed by atoms with van der Waals surface area (Å²) in [6.07, 6.45) is 1.88. The van der Waals surface area contributed by atoms with Crippen molar-refractivity contribution in [3.63, 3.8) is 0 Å². The Bertz CT molecular complexity index is 1200. The average molecular weight is 524 g/mol. The Morgan fingerprint density at radius 1 is 0.972 bits per heavy atom. The van der Waals surface area contributed by atoms with E-state index in [1.807, 2.05) is 19.1 Å². The van der Waals surface area contributed by atoms with Gasteiger partial charge in [0.25, 0.3) is 10.1 Å². The van der Waals surface area contributed by atoms with E-state index in [9.17, 15) is 13.5 Å². The number of hydrogen-bond acceptors (Lipinski definition) is 10. The van der Waals surface area contributed by atoms with Crippen LogP contribution < -0.4 is 18.9 Å². The number of fused-ring (bicyclic) bond motifs is 3. The first kappa shape index (κ1) is 27.6. The lowest BCUT2D eigenvalue weighted by molar-refractivity contribution is 0.111. The van der Waals surface area contributed by atoms with E-state index in [4.69, 9.17) is 28.5 Å². The van der Waals surface area contributed by atoms with Gasteiger partial charge in [0.05, 0.1) is 57.1 Å². The summed E-state index contributed by atoms with van der Waals surface area (Å²) in [5.41, 5.74) is 3.47. The van der Waals surface area contributed by atoms with E-state index in [1.54, 1.807) is 27.4 Å². The molecule has 2 heterocycles. The highest BCUT2D eigenvalue weighted by Gasteiger charge is 2.38. The van der Waals surface area contributed by atoms with Crippen LogP contribution in [-0.4, -0.2) is 79.8 Å². The summed E-state index contributed by atoms with van der Waals surface area (Å²) >= 11 is 0. The van der Waals surface area contributed by atoms with Crippen LogP contribution in [0.5, 0.6) is 23.3 Å². The number of aliphatic imine (C=N–C) groups is 1. The van der Waals surface area contributed by atoms with E-state index in [1.165, 1.54) is 6.92 Å². The van der Waals surface area contributed by atoms with Gasteiger partial charge in [-0.25, -0.2) is 0 Å². The number of rotatable bonds is 7. The molecule has 0 radical (unpaired) electrons. The molecule has 4 rings (SSSR count). The average Bonchev–Trinajstić information content (AvgIpc) is 2.87. The van der Waals surface area contributed by atoms with E-state index in [-0.39, 0.29) is 23.8 Å². The minimum Gasteiger partial charge on any atom is -0.493 e. The van der Waals surface area contributed by atoms with Crippen molar-refractivity contribution in [2.75, 3.05) is 33.7 Å². The fraction of sp³-hybridized carbons (Fsp3) is 0.542. The van der Waals surface area contributed by atoms with Gasteiger partial charge in [0.2, 0.25) is 11.8 Å². The molecule has 1 aliphatic heterocycles. The molecule has 1 aromatic heterocycles. The molecule has 36 heavy (non-hydrogen) atoms. The number of aliphatic hydroxyl groups is 1. The second-order valence-electron chi connectivity index (χ2n) is 8.32. The summed E-state index contributed by atoms with van der Waals surface area (Å²) in [6, 6.07) is 5.82. The molecule has 2 aliphatic rings. The lowest BCUT2D eigenvalue weighted by Crippen LogP contribution is -2.34. The van der Waals surface area contributed by atoms with Gasteiger partial charge in [-0.2, -0.15) is 8.42 Å². The van der Waals surface area contributed by atoms with Gasteiger partial charge in [-0.1, -0.05) is 0 Å². The number of aromatic nitrogens is 2. The standard InChI is InChI=1S/C22H27N3O5.C2H6O3S/c1-5-30-19-9-13-14-8-12(26)6-7-17(14)23-21(15(13)10-18(19)27-2)16-11-20(28-3)24-25-22(16)29-4;1-2-6(3,4)5/h9-12,14,17,26H,5-8H2,1-4H3;2H2,1H3,(H,3,4,5)/t12-,14-,17-;/m1./s1. The zero-order chi connectivity index (χ0) is 26.5. The highest BCUT2D eigenvalue weighted by molar-refractivity contribution is 7.85. The molecule has 0 spiro atoms. The van der Waals surface area contributed by atoms with Crippen molar-refractivity contribution in [1.82, 2.24) is 10.2 Å². The van der Waals surface area contributed by atoms with Crippen LogP contribution in [0.2, 0.25) is 0 Å². The molecule has 1 aliphatic carbocycles. The maximum atomic E-state index is 10.3. The molecule has 12 heteroatoms. The highest BCUT2D eigenvalue weighted by atomic mass is 32.2. The van der Waals surface area contributed by atoms with Crippen LogP contribution in [0.25, 0.3) is 0 Å². The Balaban J connectivity index is 0.000000538. The molecular weight excluding hydrogens is 490 g/mol. The van der Waals surface area contributed by atoms with E-state index < -0.39 is 10.1 Å². The van der Waals surface area contributed by atoms with E-state index in [2.05, 4.69) is 10.2 Å². The lowest BCUT2D eigenvalue weighted by atomic mass is 9.74. The Morgan fingerprint density at radius 2 is 1.69 bits per heavy atom. The van der Waals surface area contributed by atoms with Gasteiger partial charge in [-0.05, 0) is 50.8 Å². The first-order valence-electron chi connectivity index (χ1n) is 11.7. The number of nitrogens with zero attached hydrogens (tertiary/aromatic N) is 3. The lowest BCUT2D eigenvalue weighted by Gasteiger charge is -2.37. The van der Waals surface area contributed by atoms with Crippen LogP contribution in [0.1, 0.15) is 55.7 Å². The first-order valence-corrected chi connectivity index (χ1v) is 13.3. The smallest absolute Gasteiger partial charge is 0.264 e. The predicted octanol–water partition coefficient (Wildman–Crippen LogP) is 2.64. The van der Waals surface area contributed by atoms with Gasteiger partial charge in [0.15, 0.2) is 11.5 Å². The summed E-state index contributed by atoms with van der Waals surface area (Å²) in [5, 5.41) is 18.5. The predicted molar refractivity (Wildman–Crippen MR) is 133 cm³/mol. The van der Waals surface area contributed by atoms with Crippen LogP contribution in [0.4, 0.5) is 0 Å². The second-order valence-corrected chi connectivity index (χ2v) is 10.1. The number of aliphatic hydroxyl groups excluding tert-OH is 1. The Kier molecular flexibility index (Phi) is 9.09. The zero-order valence-electron chi connectivity index (χ0n) is 21.1. The molecule has 1 aromatic carbocycles. The summed E-state index contributed by atoms with van der Waals surface area (Å²) in [6.45, 7) is 3.85. The van der Waals surface area contributed by atoms with Crippen molar-refractivity contribution in [2.24, 2.45) is 4.99 Å². The molecule has 0 unspecified atom stereocenters. The molecule has 0 bridgehead atoms. The second kappa shape index (κ2) is 11.8. The van der Waals surface area contributed by atoms with Gasteiger partial charge in [0.1, 0.15) is 0 Å². The maximum absolute atomic E-state index is 10.3. The normalized spacial score (nSPS) is 20.6. The van der Waals surface area contributed by atoms with Crippen LogP contribution in [0.3, 0.4) is 0 Å². The minimum atomic E-state index is -3.66. The third-order valence-electron chi connectivity index (χ3n) is 6.13. The quantitative estimate of drug-likeness (QED) is 0.519. The molecule has 198 valence electrons. The number of methoxy groups -OCH3 is 3. The maximum Gasteiger partial charge on any atom is 0.264 e. The molecule has 11 nitrogen and oxygen atoms in total. The van der Waals surface area contributed by atoms with E-state index in [0.29, 0.717) is 41.9 Å². The SMILES string of the molecule is CCOc1cc2c(cc1OC)C(c1cc(OC)nnc1OC)=N[C@@H]1CC[C@@H](O)C[C@H]21.CCS(=O)(=O)O. The van der Waals surface area contributed by atoms with Gasteiger partial charge in [-0.3, -0.25) is 9.55 Å². The summed E-state index contributed by atoms with van der Waals surface area (Å²) in [5.74, 6) is 1.99. The van der Waals surface area contributed by atoms with Crippen molar-refractivity contribution in [2.45, 2.75) is 51.2 Å². The van der Waals surface area contributed by atoms with Crippen LogP contribution in [0, 0.1) is 0 Å². The number of ether oxygens (including phenoxy) is 4. The molecule has 1 saturated carbocycles. The van der Waals surface area contributed by atoms with Gasteiger partial charge < -0.3 is 24.1 Å². The summed E-state index contributed by atoms with van der Waals surface area (Å²) < 4.78 is 49.1. The van der Waals surface area contributed by atoms with Crippen molar-refractivity contribution in [3.05, 3.63) is 34.9 Å². The summed E-state index contributed by atoms with van der Waals surface area (Å²) in [4.78, 5) is 5.09. The molecule has 2 N–H and O–H groups in total. The van der Waals surface area contributed by atoms with Crippen LogP contribution in [0.15, 0.2) is 23.2 Å². The number of benzene rings is 1. The highest BCUT2D eigenvalue weighted by Crippen LogP contribution is 2.45. The fourth-order valence-corrected chi connectivity index (χ4v) is 4.37. The third-order valence-corrected chi connectivity index (χ3v) is 6.86. The topological polar surface area (TPSA) is 150 Å². The molecule has 2 aromatic rings. The van der Waals surface area contributed by atoms with E-state index >= 15 is 0 Å². The Morgan fingerprint density at radius 3 is 2.28 bits per heavy atom. The number of hydrogen-bond donors (Lipinski definition) is 2. The fourth-order valence-electron chi connectivity index (χ4n) is 4.37. The monoisotopic (exact) mass is 523 g/mol. The minimum absolute atomic E-state index is 0.0580. The van der Waals surface area contributed by atoms with Gasteiger partial charge in [-0.15, -0.1) is 10.2 Å². The molecular formula is C24H33N3O8S. The van der Waals surface area contributed by atoms with Crippen molar-refractivity contribution in [1.29, 1.82) is 0 Å². The molecule has 0 amide bonds. The van der Waals surface area contributed by atoms with Crippen molar-refractivity contribution >= 4 is 15.8 Å². The Hall–Kier alpha value is -2.96. The largest absolute Gasteiger partial charge is 0.493 e. The molecule has 1 fully saturated rings. The van der Waals surface area contributed by atoms with Gasteiger partial charge in [0, 0.05) is 17.5 Å². The van der Waals surface area contributed by atoms with Crippen LogP contribution in [-0.2, 0) is 10.1 Å². The Labute approximate surface area is 211 Å². The third kappa shape index (κ3) is 6.23. The van der Waals surface area contributed by atoms with Gasteiger partial charge >= 0.3 is 0 Å². The first-order chi connectivity index (χ1) is 17.1. The van der Waals surface area contributed by atoms with Crippen molar-refractivity contribution in [3.8, 4) is 23.3 Å². The van der Waals surface area contributed by atoms with Crippen LogP contribution >= 0.6 is 0 Å².